The van der Waals surface area contributed by atoms with E-state index in [4.69, 9.17) is 0 Å². The van der Waals surface area contributed by atoms with Crippen molar-refractivity contribution in [1.29, 1.82) is 0 Å². The van der Waals surface area contributed by atoms with Gasteiger partial charge in [-0.15, -0.1) is 0 Å². The molecule has 1 aliphatic rings. The van der Waals surface area contributed by atoms with Crippen LogP contribution >= 0.6 is 0 Å². The molecule has 1 aromatic heterocycles. The summed E-state index contributed by atoms with van der Waals surface area (Å²) in [4.78, 5) is 31.0. The SMILES string of the molecule is Cc1cc(C)cc(C(=O)NCC(=O)NCc2ccnc(N3CCCC3)c2)c1. The maximum atomic E-state index is 12.2. The molecule has 0 saturated carbocycles. The molecular formula is C21H26N4O2. The highest BCUT2D eigenvalue weighted by Crippen LogP contribution is 2.18. The second-order valence-electron chi connectivity index (χ2n) is 7.05. The van der Waals surface area contributed by atoms with E-state index in [1.165, 1.54) is 12.8 Å². The van der Waals surface area contributed by atoms with E-state index in [-0.39, 0.29) is 18.4 Å². The van der Waals surface area contributed by atoms with Gasteiger partial charge in [-0.1, -0.05) is 17.2 Å². The predicted molar refractivity (Wildman–Crippen MR) is 106 cm³/mol. The van der Waals surface area contributed by atoms with Crippen molar-refractivity contribution >= 4 is 17.6 Å². The predicted octanol–water partition coefficient (Wildman–Crippen LogP) is 2.34. The quantitative estimate of drug-likeness (QED) is 0.823. The summed E-state index contributed by atoms with van der Waals surface area (Å²) in [7, 11) is 0. The first kappa shape index (κ1) is 18.9. The van der Waals surface area contributed by atoms with Gasteiger partial charge in [0.15, 0.2) is 0 Å². The van der Waals surface area contributed by atoms with Gasteiger partial charge in [-0.05, 0) is 56.5 Å². The molecule has 1 saturated heterocycles. The zero-order valence-electron chi connectivity index (χ0n) is 15.9. The number of amides is 2. The van der Waals surface area contributed by atoms with Gasteiger partial charge in [-0.2, -0.15) is 0 Å². The smallest absolute Gasteiger partial charge is 0.251 e. The molecule has 0 spiro atoms. The molecule has 142 valence electrons. The van der Waals surface area contributed by atoms with Gasteiger partial charge in [0.2, 0.25) is 5.91 Å². The van der Waals surface area contributed by atoms with Crippen molar-refractivity contribution in [3.63, 3.8) is 0 Å². The molecule has 2 heterocycles. The summed E-state index contributed by atoms with van der Waals surface area (Å²) in [5, 5.41) is 5.52. The average molecular weight is 366 g/mol. The normalized spacial score (nSPS) is 13.5. The van der Waals surface area contributed by atoms with Gasteiger partial charge in [0, 0.05) is 31.4 Å². The molecule has 1 aromatic carbocycles. The maximum absolute atomic E-state index is 12.2. The minimum absolute atomic E-state index is 0.0457. The van der Waals surface area contributed by atoms with Crippen LogP contribution in [-0.4, -0.2) is 36.4 Å². The van der Waals surface area contributed by atoms with Crippen molar-refractivity contribution < 1.29 is 9.59 Å². The number of carbonyl (C=O) groups is 2. The van der Waals surface area contributed by atoms with E-state index < -0.39 is 0 Å². The summed E-state index contributed by atoms with van der Waals surface area (Å²) in [6, 6.07) is 9.55. The fraction of sp³-hybridized carbons (Fsp3) is 0.381. The van der Waals surface area contributed by atoms with Gasteiger partial charge in [0.05, 0.1) is 6.54 Å². The first-order valence-corrected chi connectivity index (χ1v) is 9.34. The Hall–Kier alpha value is -2.89. The Morgan fingerprint density at radius 3 is 2.44 bits per heavy atom. The molecule has 6 heteroatoms. The molecule has 1 aliphatic heterocycles. The van der Waals surface area contributed by atoms with Crippen LogP contribution in [-0.2, 0) is 11.3 Å². The third-order valence-corrected chi connectivity index (χ3v) is 4.62. The van der Waals surface area contributed by atoms with Gasteiger partial charge < -0.3 is 15.5 Å². The van der Waals surface area contributed by atoms with Crippen LogP contribution in [0, 0.1) is 13.8 Å². The van der Waals surface area contributed by atoms with Crippen LogP contribution in [0.2, 0.25) is 0 Å². The Morgan fingerprint density at radius 1 is 1.04 bits per heavy atom. The number of nitrogens with one attached hydrogen (secondary N) is 2. The van der Waals surface area contributed by atoms with Crippen molar-refractivity contribution in [1.82, 2.24) is 15.6 Å². The summed E-state index contributed by atoms with van der Waals surface area (Å²) in [6.45, 7) is 6.33. The van der Waals surface area contributed by atoms with Crippen LogP contribution < -0.4 is 15.5 Å². The molecule has 6 nitrogen and oxygen atoms in total. The Balaban J connectivity index is 1.48. The summed E-state index contributed by atoms with van der Waals surface area (Å²) in [6.07, 6.45) is 4.17. The molecule has 27 heavy (non-hydrogen) atoms. The first-order valence-electron chi connectivity index (χ1n) is 9.34. The Kier molecular flexibility index (Phi) is 6.06. The summed E-state index contributed by atoms with van der Waals surface area (Å²) in [5.41, 5.74) is 3.62. The molecule has 0 radical (unpaired) electrons. The first-order chi connectivity index (χ1) is 13.0. The Labute approximate surface area is 160 Å². The number of nitrogens with zero attached hydrogens (tertiary/aromatic N) is 2. The summed E-state index contributed by atoms with van der Waals surface area (Å²) in [5.74, 6) is 0.506. The van der Waals surface area contributed by atoms with Crippen LogP contribution in [0.3, 0.4) is 0 Å². The number of carbonyl (C=O) groups excluding carboxylic acids is 2. The van der Waals surface area contributed by atoms with Crippen molar-refractivity contribution in [3.8, 4) is 0 Å². The topological polar surface area (TPSA) is 74.3 Å². The highest BCUT2D eigenvalue weighted by atomic mass is 16.2. The van der Waals surface area contributed by atoms with Crippen LogP contribution in [0.15, 0.2) is 36.5 Å². The highest BCUT2D eigenvalue weighted by Gasteiger charge is 2.14. The lowest BCUT2D eigenvalue weighted by atomic mass is 10.1. The van der Waals surface area contributed by atoms with Crippen molar-refractivity contribution in [2.24, 2.45) is 0 Å². The Morgan fingerprint density at radius 2 is 1.74 bits per heavy atom. The van der Waals surface area contributed by atoms with Gasteiger partial charge in [0.1, 0.15) is 5.82 Å². The van der Waals surface area contributed by atoms with Crippen molar-refractivity contribution in [2.75, 3.05) is 24.5 Å². The van der Waals surface area contributed by atoms with Gasteiger partial charge >= 0.3 is 0 Å². The minimum Gasteiger partial charge on any atom is -0.357 e. The van der Waals surface area contributed by atoms with Gasteiger partial charge in [-0.25, -0.2) is 4.98 Å². The van der Waals surface area contributed by atoms with E-state index in [1.807, 2.05) is 44.2 Å². The molecule has 2 N–H and O–H groups in total. The van der Waals surface area contributed by atoms with Crippen molar-refractivity contribution in [3.05, 3.63) is 58.8 Å². The zero-order valence-corrected chi connectivity index (χ0v) is 15.9. The van der Waals surface area contributed by atoms with E-state index in [2.05, 4.69) is 20.5 Å². The maximum Gasteiger partial charge on any atom is 0.251 e. The lowest BCUT2D eigenvalue weighted by Crippen LogP contribution is -2.36. The van der Waals surface area contributed by atoms with E-state index in [9.17, 15) is 9.59 Å². The largest absolute Gasteiger partial charge is 0.357 e. The molecular weight excluding hydrogens is 340 g/mol. The van der Waals surface area contributed by atoms with E-state index in [1.54, 1.807) is 6.20 Å². The molecule has 0 unspecified atom stereocenters. The lowest BCUT2D eigenvalue weighted by molar-refractivity contribution is -0.120. The number of anilines is 1. The Bertz CT molecular complexity index is 808. The van der Waals surface area contributed by atoms with Crippen LogP contribution in [0.5, 0.6) is 0 Å². The standard InChI is InChI=1S/C21H26N4O2/c1-15-9-16(2)11-18(10-15)21(27)24-14-20(26)23-13-17-5-6-22-19(12-17)25-7-3-4-8-25/h5-6,9-12H,3-4,7-8,13-14H2,1-2H3,(H,23,26)(H,24,27). The number of hydrogen-bond donors (Lipinski definition) is 2. The summed E-state index contributed by atoms with van der Waals surface area (Å²) < 4.78 is 0. The molecule has 2 amide bonds. The van der Waals surface area contributed by atoms with Crippen LogP contribution in [0.4, 0.5) is 5.82 Å². The fourth-order valence-electron chi connectivity index (χ4n) is 3.32. The van der Waals surface area contributed by atoms with Crippen molar-refractivity contribution in [2.45, 2.75) is 33.2 Å². The van der Waals surface area contributed by atoms with Crippen LogP contribution in [0.1, 0.15) is 39.9 Å². The van der Waals surface area contributed by atoms with E-state index in [0.29, 0.717) is 12.1 Å². The average Bonchev–Trinajstić information content (AvgIpc) is 3.18. The number of aryl methyl sites for hydroxylation is 2. The molecule has 3 rings (SSSR count). The number of pyridine rings is 1. The summed E-state index contributed by atoms with van der Waals surface area (Å²) >= 11 is 0. The van der Waals surface area contributed by atoms with Gasteiger partial charge in [0.25, 0.3) is 5.91 Å². The second kappa shape index (κ2) is 8.66. The second-order valence-corrected chi connectivity index (χ2v) is 7.05. The monoisotopic (exact) mass is 366 g/mol. The number of hydrogen-bond acceptors (Lipinski definition) is 4. The minimum atomic E-state index is -0.239. The number of benzene rings is 1. The van der Waals surface area contributed by atoms with Crippen LogP contribution in [0.25, 0.3) is 0 Å². The molecule has 0 aliphatic carbocycles. The third-order valence-electron chi connectivity index (χ3n) is 4.62. The molecule has 0 atom stereocenters. The zero-order chi connectivity index (χ0) is 19.2. The molecule has 0 bridgehead atoms. The molecule has 1 fully saturated rings. The highest BCUT2D eigenvalue weighted by molar-refractivity contribution is 5.96. The lowest BCUT2D eigenvalue weighted by Gasteiger charge is -2.17. The van der Waals surface area contributed by atoms with Gasteiger partial charge in [-0.3, -0.25) is 9.59 Å². The van der Waals surface area contributed by atoms with E-state index >= 15 is 0 Å². The number of rotatable bonds is 6. The number of aromatic nitrogens is 1. The van der Waals surface area contributed by atoms with E-state index in [0.717, 1.165) is 35.6 Å². The fourth-order valence-corrected chi connectivity index (χ4v) is 3.32. The molecule has 2 aromatic rings. The third kappa shape index (κ3) is 5.29.